The van der Waals surface area contributed by atoms with E-state index in [0.29, 0.717) is 0 Å². The van der Waals surface area contributed by atoms with Gasteiger partial charge in [0, 0.05) is 31.9 Å². The monoisotopic (exact) mass is 279 g/mol. The van der Waals surface area contributed by atoms with Crippen LogP contribution in [0.3, 0.4) is 0 Å². The molecule has 0 bridgehead atoms. The summed E-state index contributed by atoms with van der Waals surface area (Å²) in [4.78, 5) is 9.20. The summed E-state index contributed by atoms with van der Waals surface area (Å²) < 4.78 is 5.84. The van der Waals surface area contributed by atoms with E-state index in [2.05, 4.69) is 45.1 Å². The van der Waals surface area contributed by atoms with Crippen LogP contribution in [0.2, 0.25) is 0 Å². The molecule has 0 radical (unpaired) electrons. The molecule has 2 aromatic carbocycles. The maximum Gasteiger partial charge on any atom is 0.298 e. The fraction of sp³-hybridized carbons (Fsp3) is 0.235. The van der Waals surface area contributed by atoms with Crippen LogP contribution in [0.1, 0.15) is 0 Å². The number of hydrogen-bond donors (Lipinski definition) is 0. The Kier molecular flexibility index (Phi) is 2.99. The van der Waals surface area contributed by atoms with Crippen molar-refractivity contribution in [3.63, 3.8) is 0 Å². The normalized spacial score (nSPS) is 15.6. The van der Waals surface area contributed by atoms with Gasteiger partial charge in [-0.05, 0) is 24.3 Å². The molecule has 1 fully saturated rings. The summed E-state index contributed by atoms with van der Waals surface area (Å²) in [5.74, 6) is 0. The third-order valence-electron chi connectivity index (χ3n) is 3.95. The highest BCUT2D eigenvalue weighted by Crippen LogP contribution is 2.23. The number of rotatable bonds is 2. The molecule has 4 rings (SSSR count). The molecule has 3 aromatic rings. The summed E-state index contributed by atoms with van der Waals surface area (Å²) >= 11 is 0. The lowest BCUT2D eigenvalue weighted by Crippen LogP contribution is -2.46. The van der Waals surface area contributed by atoms with Crippen LogP contribution < -0.4 is 9.80 Å². The third kappa shape index (κ3) is 2.33. The van der Waals surface area contributed by atoms with Gasteiger partial charge in [-0.3, -0.25) is 0 Å². The van der Waals surface area contributed by atoms with Crippen molar-refractivity contribution in [2.45, 2.75) is 0 Å². The Morgan fingerprint density at radius 2 is 1.43 bits per heavy atom. The lowest BCUT2D eigenvalue weighted by Gasteiger charge is -2.35. The highest BCUT2D eigenvalue weighted by molar-refractivity contribution is 5.74. The van der Waals surface area contributed by atoms with Crippen molar-refractivity contribution in [2.24, 2.45) is 0 Å². The first-order valence-corrected chi connectivity index (χ1v) is 7.31. The first-order valence-electron chi connectivity index (χ1n) is 7.31. The van der Waals surface area contributed by atoms with E-state index in [1.165, 1.54) is 5.69 Å². The second-order valence-electron chi connectivity index (χ2n) is 5.27. The van der Waals surface area contributed by atoms with Crippen LogP contribution in [0.5, 0.6) is 0 Å². The zero-order valence-corrected chi connectivity index (χ0v) is 11.8. The highest BCUT2D eigenvalue weighted by atomic mass is 16.4. The van der Waals surface area contributed by atoms with Crippen LogP contribution in [0, 0.1) is 0 Å². The predicted molar refractivity (Wildman–Crippen MR) is 84.9 cm³/mol. The Bertz CT molecular complexity index is 697. The molecule has 0 spiro atoms. The summed E-state index contributed by atoms with van der Waals surface area (Å²) in [6.45, 7) is 3.84. The van der Waals surface area contributed by atoms with Gasteiger partial charge >= 0.3 is 0 Å². The molecule has 106 valence electrons. The van der Waals surface area contributed by atoms with Crippen molar-refractivity contribution in [3.8, 4) is 0 Å². The van der Waals surface area contributed by atoms with Gasteiger partial charge in [-0.2, -0.15) is 4.98 Å². The summed E-state index contributed by atoms with van der Waals surface area (Å²) in [5, 5.41) is 0. The topological polar surface area (TPSA) is 32.5 Å². The highest BCUT2D eigenvalue weighted by Gasteiger charge is 2.20. The minimum Gasteiger partial charge on any atom is -0.423 e. The molecule has 1 aliphatic rings. The fourth-order valence-electron chi connectivity index (χ4n) is 2.79. The SMILES string of the molecule is c1ccc(N2CCN(c3nc4ccccc4o3)CC2)cc1. The van der Waals surface area contributed by atoms with E-state index in [1.54, 1.807) is 0 Å². The van der Waals surface area contributed by atoms with Crippen molar-refractivity contribution in [1.29, 1.82) is 0 Å². The number of aromatic nitrogens is 1. The van der Waals surface area contributed by atoms with Gasteiger partial charge in [-0.25, -0.2) is 0 Å². The van der Waals surface area contributed by atoms with Crippen LogP contribution in [0.4, 0.5) is 11.7 Å². The van der Waals surface area contributed by atoms with E-state index in [0.717, 1.165) is 43.3 Å². The van der Waals surface area contributed by atoms with Gasteiger partial charge in [0.1, 0.15) is 5.52 Å². The van der Waals surface area contributed by atoms with Gasteiger partial charge in [0.2, 0.25) is 0 Å². The number of oxazole rings is 1. The van der Waals surface area contributed by atoms with Crippen LogP contribution in [0.25, 0.3) is 11.1 Å². The quantitative estimate of drug-likeness (QED) is 0.721. The second-order valence-corrected chi connectivity index (χ2v) is 5.27. The van der Waals surface area contributed by atoms with Crippen LogP contribution in [-0.2, 0) is 0 Å². The molecule has 4 heteroatoms. The van der Waals surface area contributed by atoms with Crippen molar-refractivity contribution < 1.29 is 4.42 Å². The van der Waals surface area contributed by atoms with Crippen LogP contribution in [0.15, 0.2) is 59.0 Å². The summed E-state index contributed by atoms with van der Waals surface area (Å²) in [5.41, 5.74) is 3.07. The maximum atomic E-state index is 5.84. The number of nitrogens with zero attached hydrogens (tertiary/aromatic N) is 3. The third-order valence-corrected chi connectivity index (χ3v) is 3.95. The van der Waals surface area contributed by atoms with Crippen molar-refractivity contribution in [1.82, 2.24) is 4.98 Å². The number of para-hydroxylation sites is 3. The Morgan fingerprint density at radius 3 is 2.19 bits per heavy atom. The summed E-state index contributed by atoms with van der Waals surface area (Å²) in [6.07, 6.45) is 0. The van der Waals surface area contributed by atoms with E-state index < -0.39 is 0 Å². The van der Waals surface area contributed by atoms with E-state index in [-0.39, 0.29) is 0 Å². The average molecular weight is 279 g/mol. The van der Waals surface area contributed by atoms with Gasteiger partial charge in [0.05, 0.1) is 0 Å². The van der Waals surface area contributed by atoms with Gasteiger partial charge in [-0.1, -0.05) is 30.3 Å². The van der Waals surface area contributed by atoms with Gasteiger partial charge in [-0.15, -0.1) is 0 Å². The van der Waals surface area contributed by atoms with E-state index >= 15 is 0 Å². The lowest BCUT2D eigenvalue weighted by atomic mass is 10.2. The maximum absolute atomic E-state index is 5.84. The molecule has 2 heterocycles. The molecule has 0 amide bonds. The van der Waals surface area contributed by atoms with E-state index in [1.807, 2.05) is 24.3 Å². The Morgan fingerprint density at radius 1 is 0.762 bits per heavy atom. The second kappa shape index (κ2) is 5.13. The minimum atomic E-state index is 0.740. The molecule has 0 atom stereocenters. The number of piperazine rings is 1. The van der Waals surface area contributed by atoms with Gasteiger partial charge < -0.3 is 14.2 Å². The van der Waals surface area contributed by atoms with Crippen molar-refractivity contribution >= 4 is 22.8 Å². The van der Waals surface area contributed by atoms with Crippen LogP contribution >= 0.6 is 0 Å². The van der Waals surface area contributed by atoms with Crippen molar-refractivity contribution in [2.75, 3.05) is 36.0 Å². The number of hydrogen-bond acceptors (Lipinski definition) is 4. The molecule has 1 aliphatic heterocycles. The molecule has 21 heavy (non-hydrogen) atoms. The van der Waals surface area contributed by atoms with E-state index in [9.17, 15) is 0 Å². The molecular weight excluding hydrogens is 262 g/mol. The lowest BCUT2D eigenvalue weighted by molar-refractivity contribution is 0.542. The number of benzene rings is 2. The van der Waals surface area contributed by atoms with Gasteiger partial charge in [0.25, 0.3) is 6.01 Å². The van der Waals surface area contributed by atoms with E-state index in [4.69, 9.17) is 4.42 Å². The minimum absolute atomic E-state index is 0.740. The molecule has 0 unspecified atom stereocenters. The zero-order chi connectivity index (χ0) is 14.1. The first kappa shape index (κ1) is 12.3. The molecular formula is C17H17N3O. The molecule has 0 N–H and O–H groups in total. The standard InChI is InChI=1S/C17H17N3O/c1-2-6-14(7-3-1)19-10-12-20(13-11-19)17-18-15-8-4-5-9-16(15)21-17/h1-9H,10-13H2. The fourth-order valence-corrected chi connectivity index (χ4v) is 2.79. The Hall–Kier alpha value is -2.49. The largest absolute Gasteiger partial charge is 0.423 e. The van der Waals surface area contributed by atoms with Crippen molar-refractivity contribution in [3.05, 3.63) is 54.6 Å². The predicted octanol–water partition coefficient (Wildman–Crippen LogP) is 3.15. The zero-order valence-electron chi connectivity index (χ0n) is 11.8. The average Bonchev–Trinajstić information content (AvgIpc) is 3.00. The first-order chi connectivity index (χ1) is 10.4. The summed E-state index contributed by atoms with van der Waals surface area (Å²) in [7, 11) is 0. The molecule has 0 aliphatic carbocycles. The number of anilines is 2. The smallest absolute Gasteiger partial charge is 0.298 e. The van der Waals surface area contributed by atoms with Gasteiger partial charge in [0.15, 0.2) is 5.58 Å². The summed E-state index contributed by atoms with van der Waals surface area (Å²) in [6, 6.07) is 19.2. The number of fused-ring (bicyclic) bond motifs is 1. The Balaban J connectivity index is 1.50. The molecule has 1 saturated heterocycles. The molecule has 0 saturated carbocycles. The Labute approximate surface area is 123 Å². The van der Waals surface area contributed by atoms with Crippen LogP contribution in [-0.4, -0.2) is 31.2 Å². The molecule has 1 aromatic heterocycles. The molecule has 4 nitrogen and oxygen atoms in total.